The van der Waals surface area contributed by atoms with Crippen LogP contribution in [0.4, 0.5) is 5.69 Å². The number of hydrogen-bond acceptors (Lipinski definition) is 3. The summed E-state index contributed by atoms with van der Waals surface area (Å²) in [7, 11) is 3.48. The molecule has 0 aliphatic heterocycles. The van der Waals surface area contributed by atoms with Gasteiger partial charge >= 0.3 is 5.97 Å². The molecule has 0 saturated heterocycles. The molecule has 0 saturated carbocycles. The summed E-state index contributed by atoms with van der Waals surface area (Å²) < 4.78 is 7.00. The Morgan fingerprint density at radius 3 is 2.94 bits per heavy atom. The Morgan fingerprint density at radius 2 is 2.22 bits per heavy atom. The summed E-state index contributed by atoms with van der Waals surface area (Å²) in [6.45, 7) is 0. The van der Waals surface area contributed by atoms with Crippen LogP contribution in [-0.4, -0.2) is 17.6 Å². The van der Waals surface area contributed by atoms with Crippen molar-refractivity contribution in [3.8, 4) is 0 Å². The number of anilines is 1. The Morgan fingerprint density at radius 1 is 1.44 bits per heavy atom. The number of nitrogens with two attached hydrogens (primary N) is 1. The second-order valence-corrected chi connectivity index (χ2v) is 4.89. The number of benzene rings is 1. The normalized spacial score (nSPS) is 18.0. The number of carbonyl (C=O) groups excluding carboxylic acids is 1. The van der Waals surface area contributed by atoms with E-state index in [2.05, 4.69) is 4.57 Å². The number of hydrogen-bond donors (Lipinski definition) is 1. The van der Waals surface area contributed by atoms with Gasteiger partial charge in [0.15, 0.2) is 0 Å². The third kappa shape index (κ3) is 1.41. The predicted molar refractivity (Wildman–Crippen MR) is 70.2 cm³/mol. The van der Waals surface area contributed by atoms with Crippen molar-refractivity contribution in [3.63, 3.8) is 0 Å². The van der Waals surface area contributed by atoms with Gasteiger partial charge in [-0.05, 0) is 30.2 Å². The average Bonchev–Trinajstić information content (AvgIpc) is 2.90. The molecule has 0 radical (unpaired) electrons. The molecule has 4 nitrogen and oxygen atoms in total. The van der Waals surface area contributed by atoms with Crippen molar-refractivity contribution in [1.82, 2.24) is 4.57 Å². The van der Waals surface area contributed by atoms with E-state index in [4.69, 9.17) is 10.5 Å². The monoisotopic (exact) mass is 244 g/mol. The van der Waals surface area contributed by atoms with Crippen LogP contribution in [0.5, 0.6) is 0 Å². The molecule has 1 aromatic heterocycles. The molecular formula is C14H16N2O2. The van der Waals surface area contributed by atoms with Gasteiger partial charge in [0.1, 0.15) is 0 Å². The van der Waals surface area contributed by atoms with Crippen LogP contribution in [-0.2, 0) is 29.4 Å². The summed E-state index contributed by atoms with van der Waals surface area (Å²) in [6.07, 6.45) is 1.51. The van der Waals surface area contributed by atoms with Crippen molar-refractivity contribution in [2.24, 2.45) is 13.0 Å². The molecule has 0 unspecified atom stereocenters. The van der Waals surface area contributed by atoms with Crippen LogP contribution in [0, 0.1) is 5.92 Å². The van der Waals surface area contributed by atoms with Gasteiger partial charge < -0.3 is 15.0 Å². The molecule has 94 valence electrons. The molecule has 1 aliphatic rings. The van der Waals surface area contributed by atoms with Gasteiger partial charge in [-0.3, -0.25) is 4.79 Å². The van der Waals surface area contributed by atoms with Gasteiger partial charge in [-0.2, -0.15) is 0 Å². The highest BCUT2D eigenvalue weighted by Crippen LogP contribution is 2.36. The first kappa shape index (κ1) is 11.1. The minimum absolute atomic E-state index is 0.0444. The standard InChI is InChI=1S/C14H16N2O2/c1-16-12-4-3-9(15)7-11(12)10-5-8(6-13(10)16)14(17)18-2/h3-4,7-8H,5-6,15H2,1-2H3/t8-/m1/s1. The number of rotatable bonds is 1. The second kappa shape index (κ2) is 3.77. The van der Waals surface area contributed by atoms with Crippen LogP contribution in [0.1, 0.15) is 11.3 Å². The highest BCUT2D eigenvalue weighted by Gasteiger charge is 2.32. The van der Waals surface area contributed by atoms with Gasteiger partial charge in [-0.25, -0.2) is 0 Å². The Bertz CT molecular complexity index is 643. The van der Waals surface area contributed by atoms with E-state index < -0.39 is 0 Å². The molecule has 3 rings (SSSR count). The first-order chi connectivity index (χ1) is 8.61. The molecular weight excluding hydrogens is 228 g/mol. The van der Waals surface area contributed by atoms with Crippen LogP contribution in [0.15, 0.2) is 18.2 Å². The molecule has 1 heterocycles. The molecule has 2 aromatic rings. The maximum absolute atomic E-state index is 11.6. The number of aromatic nitrogens is 1. The number of nitrogen functional groups attached to an aromatic ring is 1. The number of fused-ring (bicyclic) bond motifs is 3. The van der Waals surface area contributed by atoms with E-state index in [9.17, 15) is 4.79 Å². The lowest BCUT2D eigenvalue weighted by Gasteiger charge is -2.08. The van der Waals surface area contributed by atoms with E-state index in [1.165, 1.54) is 29.3 Å². The highest BCUT2D eigenvalue weighted by atomic mass is 16.5. The molecule has 1 aliphatic carbocycles. The Hall–Kier alpha value is -1.97. The quantitative estimate of drug-likeness (QED) is 0.613. The Balaban J connectivity index is 2.12. The van der Waals surface area contributed by atoms with Crippen molar-refractivity contribution in [2.45, 2.75) is 12.8 Å². The minimum atomic E-state index is -0.122. The lowest BCUT2D eigenvalue weighted by Crippen LogP contribution is -2.17. The zero-order chi connectivity index (χ0) is 12.9. The van der Waals surface area contributed by atoms with Crippen molar-refractivity contribution in [2.75, 3.05) is 12.8 Å². The number of esters is 1. The number of ether oxygens (including phenoxy) is 1. The van der Waals surface area contributed by atoms with Crippen LogP contribution >= 0.6 is 0 Å². The molecule has 1 aromatic carbocycles. The predicted octanol–water partition coefficient (Wildman–Crippen LogP) is 1.65. The summed E-state index contributed by atoms with van der Waals surface area (Å²) in [4.78, 5) is 11.6. The first-order valence-corrected chi connectivity index (χ1v) is 6.05. The zero-order valence-corrected chi connectivity index (χ0v) is 10.6. The van der Waals surface area contributed by atoms with E-state index in [1.54, 1.807) is 0 Å². The summed E-state index contributed by atoms with van der Waals surface area (Å²) in [5.74, 6) is -0.166. The number of carbonyl (C=O) groups is 1. The summed E-state index contributed by atoms with van der Waals surface area (Å²) >= 11 is 0. The van der Waals surface area contributed by atoms with Gasteiger partial charge in [0.05, 0.1) is 13.0 Å². The molecule has 2 N–H and O–H groups in total. The van der Waals surface area contributed by atoms with Crippen LogP contribution in [0.3, 0.4) is 0 Å². The topological polar surface area (TPSA) is 57.2 Å². The number of nitrogens with zero attached hydrogens (tertiary/aromatic N) is 1. The van der Waals surface area contributed by atoms with E-state index in [0.717, 1.165) is 18.5 Å². The third-order valence-electron chi connectivity index (χ3n) is 3.89. The fraction of sp³-hybridized carbons (Fsp3) is 0.357. The number of methoxy groups -OCH3 is 1. The fourth-order valence-electron chi connectivity index (χ4n) is 2.96. The molecule has 1 atom stereocenters. The molecule has 0 spiro atoms. The SMILES string of the molecule is COC(=O)[C@@H]1Cc2c(n(C)c3ccc(N)cc23)C1. The number of aryl methyl sites for hydroxylation is 1. The van der Waals surface area contributed by atoms with E-state index in [0.29, 0.717) is 0 Å². The van der Waals surface area contributed by atoms with Crippen LogP contribution < -0.4 is 5.73 Å². The average molecular weight is 244 g/mol. The molecule has 4 heteroatoms. The van der Waals surface area contributed by atoms with Crippen molar-refractivity contribution in [1.29, 1.82) is 0 Å². The third-order valence-corrected chi connectivity index (χ3v) is 3.89. The van der Waals surface area contributed by atoms with Crippen molar-refractivity contribution in [3.05, 3.63) is 29.5 Å². The molecule has 0 fully saturated rings. The van der Waals surface area contributed by atoms with E-state index in [1.807, 2.05) is 25.2 Å². The first-order valence-electron chi connectivity index (χ1n) is 6.05. The lowest BCUT2D eigenvalue weighted by molar-refractivity contribution is -0.145. The minimum Gasteiger partial charge on any atom is -0.469 e. The summed E-state index contributed by atoms with van der Waals surface area (Å²) in [5, 5.41) is 1.17. The molecule has 18 heavy (non-hydrogen) atoms. The molecule has 0 bridgehead atoms. The van der Waals surface area contributed by atoms with Crippen molar-refractivity contribution < 1.29 is 9.53 Å². The fourth-order valence-corrected chi connectivity index (χ4v) is 2.96. The maximum Gasteiger partial charge on any atom is 0.309 e. The summed E-state index contributed by atoms with van der Waals surface area (Å²) in [6, 6.07) is 5.94. The largest absolute Gasteiger partial charge is 0.469 e. The van der Waals surface area contributed by atoms with E-state index in [-0.39, 0.29) is 11.9 Å². The summed E-state index contributed by atoms with van der Waals surface area (Å²) in [5.41, 5.74) is 10.3. The Labute approximate surface area is 105 Å². The van der Waals surface area contributed by atoms with Crippen molar-refractivity contribution >= 4 is 22.6 Å². The smallest absolute Gasteiger partial charge is 0.309 e. The molecule has 0 amide bonds. The highest BCUT2D eigenvalue weighted by molar-refractivity contribution is 5.90. The van der Waals surface area contributed by atoms with Gasteiger partial charge in [-0.15, -0.1) is 0 Å². The van der Waals surface area contributed by atoms with Gasteiger partial charge in [0, 0.05) is 35.8 Å². The van der Waals surface area contributed by atoms with Crippen LogP contribution in [0.2, 0.25) is 0 Å². The second-order valence-electron chi connectivity index (χ2n) is 4.89. The maximum atomic E-state index is 11.6. The zero-order valence-electron chi connectivity index (χ0n) is 10.6. The van der Waals surface area contributed by atoms with E-state index >= 15 is 0 Å². The Kier molecular flexibility index (Phi) is 2.33. The van der Waals surface area contributed by atoms with Gasteiger partial charge in [0.2, 0.25) is 0 Å². The van der Waals surface area contributed by atoms with Gasteiger partial charge in [0.25, 0.3) is 0 Å². The van der Waals surface area contributed by atoms with Crippen LogP contribution in [0.25, 0.3) is 10.9 Å². The lowest BCUT2D eigenvalue weighted by atomic mass is 10.0. The van der Waals surface area contributed by atoms with Gasteiger partial charge in [-0.1, -0.05) is 0 Å².